The molecule has 7 heteroatoms. The maximum absolute atomic E-state index is 13.2. The van der Waals surface area contributed by atoms with E-state index in [9.17, 15) is 18.0 Å². The van der Waals surface area contributed by atoms with Gasteiger partial charge in [0.25, 0.3) is 0 Å². The van der Waals surface area contributed by atoms with Crippen LogP contribution in [0.2, 0.25) is 0 Å². The first-order chi connectivity index (χ1) is 13.9. The SMILES string of the molecule is CCNC(=O)C1Cc2cc(C(F)(F)F)ccc2N2CCN(c3ccccc3)CC12. The molecule has 2 aromatic rings. The number of hydrogen-bond donors (Lipinski definition) is 1. The van der Waals surface area contributed by atoms with Crippen molar-refractivity contribution in [1.29, 1.82) is 0 Å². The molecule has 2 atom stereocenters. The summed E-state index contributed by atoms with van der Waals surface area (Å²) in [6.45, 7) is 4.43. The molecule has 0 bridgehead atoms. The maximum Gasteiger partial charge on any atom is 0.416 e. The Hall–Kier alpha value is -2.70. The molecular weight excluding hydrogens is 379 g/mol. The van der Waals surface area contributed by atoms with Crippen LogP contribution in [0.4, 0.5) is 24.5 Å². The number of piperazine rings is 1. The lowest BCUT2D eigenvalue weighted by Crippen LogP contribution is -2.61. The highest BCUT2D eigenvalue weighted by molar-refractivity contribution is 5.82. The van der Waals surface area contributed by atoms with Crippen molar-refractivity contribution in [2.45, 2.75) is 25.6 Å². The normalized spacial score (nSPS) is 21.4. The molecular formula is C22H24F3N3O. The van der Waals surface area contributed by atoms with E-state index in [-0.39, 0.29) is 11.9 Å². The van der Waals surface area contributed by atoms with Crippen LogP contribution >= 0.6 is 0 Å². The summed E-state index contributed by atoms with van der Waals surface area (Å²) < 4.78 is 39.6. The van der Waals surface area contributed by atoms with Crippen molar-refractivity contribution in [3.8, 4) is 0 Å². The zero-order valence-corrected chi connectivity index (χ0v) is 16.2. The van der Waals surface area contributed by atoms with E-state index in [0.29, 0.717) is 31.6 Å². The molecule has 2 unspecified atom stereocenters. The maximum atomic E-state index is 13.2. The van der Waals surface area contributed by atoms with Gasteiger partial charge in [0, 0.05) is 37.6 Å². The molecule has 29 heavy (non-hydrogen) atoms. The molecule has 4 nitrogen and oxygen atoms in total. The largest absolute Gasteiger partial charge is 0.416 e. The fraction of sp³-hybridized carbons (Fsp3) is 0.409. The molecule has 0 aromatic heterocycles. The van der Waals surface area contributed by atoms with Crippen LogP contribution in [0.25, 0.3) is 0 Å². The Kier molecular flexibility index (Phi) is 5.15. The van der Waals surface area contributed by atoms with Crippen molar-refractivity contribution in [3.05, 3.63) is 59.7 Å². The lowest BCUT2D eigenvalue weighted by atomic mass is 9.82. The molecule has 0 spiro atoms. The van der Waals surface area contributed by atoms with Crippen LogP contribution in [0.15, 0.2) is 48.5 Å². The predicted octanol–water partition coefficient (Wildman–Crippen LogP) is 3.71. The molecule has 1 N–H and O–H groups in total. The smallest absolute Gasteiger partial charge is 0.368 e. The van der Waals surface area contributed by atoms with Gasteiger partial charge in [0.2, 0.25) is 5.91 Å². The molecule has 2 aliphatic heterocycles. The van der Waals surface area contributed by atoms with Gasteiger partial charge >= 0.3 is 6.18 Å². The van der Waals surface area contributed by atoms with Gasteiger partial charge in [0.05, 0.1) is 17.5 Å². The van der Waals surface area contributed by atoms with Gasteiger partial charge in [-0.2, -0.15) is 13.2 Å². The van der Waals surface area contributed by atoms with Crippen molar-refractivity contribution >= 4 is 17.3 Å². The van der Waals surface area contributed by atoms with Gasteiger partial charge in [-0.3, -0.25) is 4.79 Å². The average molecular weight is 403 g/mol. The summed E-state index contributed by atoms with van der Waals surface area (Å²) in [7, 11) is 0. The number of carbonyl (C=O) groups excluding carboxylic acids is 1. The summed E-state index contributed by atoms with van der Waals surface area (Å²) in [6.07, 6.45) is -4.08. The van der Waals surface area contributed by atoms with E-state index in [1.807, 2.05) is 37.3 Å². The number of hydrogen-bond acceptors (Lipinski definition) is 3. The summed E-state index contributed by atoms with van der Waals surface area (Å²) >= 11 is 0. The minimum Gasteiger partial charge on any atom is -0.368 e. The minimum absolute atomic E-state index is 0.0836. The van der Waals surface area contributed by atoms with Crippen LogP contribution in [-0.4, -0.2) is 38.1 Å². The molecule has 0 saturated carbocycles. The van der Waals surface area contributed by atoms with E-state index in [0.717, 1.165) is 24.0 Å². The summed E-state index contributed by atoms with van der Waals surface area (Å²) in [5.41, 5.74) is 1.85. The number of benzene rings is 2. The van der Waals surface area contributed by atoms with Gasteiger partial charge < -0.3 is 15.1 Å². The monoisotopic (exact) mass is 403 g/mol. The Labute approximate surface area is 168 Å². The van der Waals surface area contributed by atoms with E-state index in [1.54, 1.807) is 6.07 Å². The van der Waals surface area contributed by atoms with Gasteiger partial charge in [-0.15, -0.1) is 0 Å². The van der Waals surface area contributed by atoms with Crippen molar-refractivity contribution in [2.24, 2.45) is 5.92 Å². The van der Waals surface area contributed by atoms with Gasteiger partial charge in [-0.1, -0.05) is 18.2 Å². The summed E-state index contributed by atoms with van der Waals surface area (Å²) in [6, 6.07) is 13.9. The average Bonchev–Trinajstić information content (AvgIpc) is 2.72. The number of halogens is 3. The molecule has 0 aliphatic carbocycles. The standard InChI is InChI=1S/C22H24F3N3O/c1-2-26-21(29)18-13-15-12-16(22(23,24)25)8-9-19(15)28-11-10-27(14-20(18)28)17-6-4-3-5-7-17/h3-9,12,18,20H,2,10-11,13-14H2,1H3,(H,26,29). The Morgan fingerprint density at radius 1 is 1.14 bits per heavy atom. The van der Waals surface area contributed by atoms with Gasteiger partial charge in [0.1, 0.15) is 0 Å². The van der Waals surface area contributed by atoms with Crippen LogP contribution in [0.1, 0.15) is 18.1 Å². The second-order valence-corrected chi connectivity index (χ2v) is 7.59. The number of para-hydroxylation sites is 1. The zero-order valence-electron chi connectivity index (χ0n) is 16.2. The van der Waals surface area contributed by atoms with Gasteiger partial charge in [0.15, 0.2) is 0 Å². The van der Waals surface area contributed by atoms with Crippen LogP contribution < -0.4 is 15.1 Å². The second-order valence-electron chi connectivity index (χ2n) is 7.59. The Balaban J connectivity index is 1.69. The summed E-state index contributed by atoms with van der Waals surface area (Å²) in [5, 5.41) is 2.87. The van der Waals surface area contributed by atoms with E-state index >= 15 is 0 Å². The lowest BCUT2D eigenvalue weighted by Gasteiger charge is -2.49. The third kappa shape index (κ3) is 3.78. The molecule has 1 saturated heterocycles. The number of nitrogens with zero attached hydrogens (tertiary/aromatic N) is 2. The number of rotatable bonds is 3. The number of nitrogens with one attached hydrogen (secondary N) is 1. The molecule has 2 aliphatic rings. The number of alkyl halides is 3. The van der Waals surface area contributed by atoms with Crippen molar-refractivity contribution in [3.63, 3.8) is 0 Å². The fourth-order valence-corrected chi connectivity index (χ4v) is 4.48. The highest BCUT2D eigenvalue weighted by Crippen LogP contribution is 2.40. The number of fused-ring (bicyclic) bond motifs is 3. The Morgan fingerprint density at radius 3 is 2.59 bits per heavy atom. The molecule has 154 valence electrons. The molecule has 1 amide bonds. The van der Waals surface area contributed by atoms with Crippen molar-refractivity contribution < 1.29 is 18.0 Å². The molecule has 4 rings (SSSR count). The van der Waals surface area contributed by atoms with Gasteiger partial charge in [-0.05, 0) is 49.2 Å². The van der Waals surface area contributed by atoms with E-state index in [4.69, 9.17) is 0 Å². The molecule has 2 aromatic carbocycles. The zero-order chi connectivity index (χ0) is 20.6. The van der Waals surface area contributed by atoms with Crippen LogP contribution in [0.3, 0.4) is 0 Å². The molecule has 2 heterocycles. The highest BCUT2D eigenvalue weighted by Gasteiger charge is 2.42. The fourth-order valence-electron chi connectivity index (χ4n) is 4.48. The molecule has 0 radical (unpaired) electrons. The van der Waals surface area contributed by atoms with Crippen LogP contribution in [0, 0.1) is 5.92 Å². The summed E-state index contributed by atoms with van der Waals surface area (Å²) in [5.74, 6) is -0.488. The van der Waals surface area contributed by atoms with Crippen molar-refractivity contribution in [2.75, 3.05) is 36.0 Å². The first-order valence-corrected chi connectivity index (χ1v) is 9.93. The van der Waals surface area contributed by atoms with Gasteiger partial charge in [-0.25, -0.2) is 0 Å². The summed E-state index contributed by atoms with van der Waals surface area (Å²) in [4.78, 5) is 17.2. The third-order valence-corrected chi connectivity index (χ3v) is 5.85. The number of carbonyl (C=O) groups is 1. The first kappa shape index (κ1) is 19.6. The Bertz CT molecular complexity index is 885. The number of amides is 1. The first-order valence-electron chi connectivity index (χ1n) is 9.93. The van der Waals surface area contributed by atoms with E-state index in [2.05, 4.69) is 15.1 Å². The van der Waals surface area contributed by atoms with Crippen LogP contribution in [-0.2, 0) is 17.4 Å². The topological polar surface area (TPSA) is 35.6 Å². The van der Waals surface area contributed by atoms with Crippen LogP contribution in [0.5, 0.6) is 0 Å². The third-order valence-electron chi connectivity index (χ3n) is 5.85. The predicted molar refractivity (Wildman–Crippen MR) is 107 cm³/mol. The minimum atomic E-state index is -4.39. The quantitative estimate of drug-likeness (QED) is 0.849. The highest BCUT2D eigenvalue weighted by atomic mass is 19.4. The van der Waals surface area contributed by atoms with E-state index in [1.165, 1.54) is 6.07 Å². The number of anilines is 2. The lowest BCUT2D eigenvalue weighted by molar-refractivity contribution is -0.137. The second kappa shape index (κ2) is 7.61. The van der Waals surface area contributed by atoms with Crippen molar-refractivity contribution in [1.82, 2.24) is 5.32 Å². The Morgan fingerprint density at radius 2 is 1.90 bits per heavy atom. The molecule has 1 fully saturated rings. The van der Waals surface area contributed by atoms with E-state index < -0.39 is 17.7 Å².